The first-order chi connectivity index (χ1) is 9.53. The number of aliphatic hydroxyl groups excluding tert-OH is 1. The summed E-state index contributed by atoms with van der Waals surface area (Å²) in [5.74, 6) is 1.21. The highest BCUT2D eigenvalue weighted by Gasteiger charge is 2.17. The van der Waals surface area contributed by atoms with Crippen molar-refractivity contribution in [3.8, 4) is 11.5 Å². The Bertz CT molecular complexity index is 445. The molecule has 1 rings (SSSR count). The van der Waals surface area contributed by atoms with Gasteiger partial charge in [-0.15, -0.1) is 0 Å². The summed E-state index contributed by atoms with van der Waals surface area (Å²) < 4.78 is 10.4. The Balaban J connectivity index is 2.91. The molecule has 0 aliphatic heterocycles. The highest BCUT2D eigenvalue weighted by molar-refractivity contribution is 5.78. The van der Waals surface area contributed by atoms with Crippen LogP contribution in [-0.4, -0.2) is 43.3 Å². The quantitative estimate of drug-likeness (QED) is 0.826. The second-order valence-corrected chi connectivity index (χ2v) is 4.83. The van der Waals surface area contributed by atoms with Crippen LogP contribution in [0.25, 0.3) is 0 Å². The summed E-state index contributed by atoms with van der Waals surface area (Å²) >= 11 is 0. The average molecular weight is 281 g/mol. The number of benzene rings is 1. The summed E-state index contributed by atoms with van der Waals surface area (Å²) in [6.07, 6.45) is 0. The van der Waals surface area contributed by atoms with E-state index in [2.05, 4.69) is 0 Å². The maximum absolute atomic E-state index is 12.1. The zero-order valence-electron chi connectivity index (χ0n) is 12.5. The number of aliphatic hydroxyl groups is 1. The van der Waals surface area contributed by atoms with Crippen LogP contribution in [0.5, 0.6) is 11.5 Å². The highest BCUT2D eigenvalue weighted by atomic mass is 16.5. The lowest BCUT2D eigenvalue weighted by molar-refractivity contribution is -0.135. The van der Waals surface area contributed by atoms with Crippen molar-refractivity contribution in [1.29, 1.82) is 0 Å². The summed E-state index contributed by atoms with van der Waals surface area (Å²) in [5.41, 5.74) is 0.935. The number of methoxy groups -OCH3 is 2. The van der Waals surface area contributed by atoms with Crippen LogP contribution in [0.1, 0.15) is 19.4 Å². The molecule has 0 spiro atoms. The van der Waals surface area contributed by atoms with Crippen LogP contribution >= 0.6 is 0 Å². The maximum Gasteiger partial charge on any atom is 0.225 e. The third-order valence-electron chi connectivity index (χ3n) is 3.00. The minimum atomic E-state index is -0.0957. The van der Waals surface area contributed by atoms with E-state index < -0.39 is 0 Å². The van der Waals surface area contributed by atoms with Gasteiger partial charge in [-0.25, -0.2) is 0 Å². The largest absolute Gasteiger partial charge is 0.493 e. The van der Waals surface area contributed by atoms with E-state index >= 15 is 0 Å². The molecule has 0 fully saturated rings. The fourth-order valence-electron chi connectivity index (χ4n) is 1.95. The van der Waals surface area contributed by atoms with Gasteiger partial charge in [0.25, 0.3) is 0 Å². The van der Waals surface area contributed by atoms with Gasteiger partial charge >= 0.3 is 0 Å². The van der Waals surface area contributed by atoms with Crippen molar-refractivity contribution >= 4 is 5.91 Å². The van der Waals surface area contributed by atoms with Gasteiger partial charge in [0.05, 0.1) is 20.8 Å². The van der Waals surface area contributed by atoms with Gasteiger partial charge in [-0.3, -0.25) is 4.79 Å². The molecule has 0 radical (unpaired) electrons. The summed E-state index contributed by atoms with van der Waals surface area (Å²) in [6.45, 7) is 4.41. The highest BCUT2D eigenvalue weighted by Crippen LogP contribution is 2.28. The van der Waals surface area contributed by atoms with Gasteiger partial charge in [0.15, 0.2) is 11.5 Å². The number of amides is 1. The fraction of sp³-hybridized carbons (Fsp3) is 0.533. The number of nitrogens with zero attached hydrogens (tertiary/aromatic N) is 1. The van der Waals surface area contributed by atoms with E-state index in [9.17, 15) is 4.79 Å². The zero-order valence-corrected chi connectivity index (χ0v) is 12.5. The fourth-order valence-corrected chi connectivity index (χ4v) is 1.95. The normalized spacial score (nSPS) is 10.5. The van der Waals surface area contributed by atoms with E-state index in [1.54, 1.807) is 19.1 Å². The zero-order chi connectivity index (χ0) is 15.1. The number of hydrogen-bond donors (Lipinski definition) is 1. The number of carbonyl (C=O) groups excluding carboxylic acids is 1. The van der Waals surface area contributed by atoms with Crippen molar-refractivity contribution in [2.75, 3.05) is 27.4 Å². The Labute approximate surface area is 120 Å². The maximum atomic E-state index is 12.1. The van der Waals surface area contributed by atoms with E-state index in [0.29, 0.717) is 24.6 Å². The molecule has 0 aliphatic rings. The van der Waals surface area contributed by atoms with Crippen LogP contribution in [-0.2, 0) is 11.3 Å². The Hall–Kier alpha value is -1.75. The van der Waals surface area contributed by atoms with Crippen molar-refractivity contribution in [2.45, 2.75) is 20.4 Å². The first kappa shape index (κ1) is 16.3. The molecule has 0 heterocycles. The van der Waals surface area contributed by atoms with Crippen LogP contribution < -0.4 is 9.47 Å². The lowest BCUT2D eigenvalue weighted by atomic mass is 10.1. The van der Waals surface area contributed by atoms with Gasteiger partial charge in [0, 0.05) is 19.0 Å². The molecule has 1 aromatic carbocycles. The summed E-state index contributed by atoms with van der Waals surface area (Å²) in [6, 6.07) is 5.54. The second-order valence-electron chi connectivity index (χ2n) is 4.83. The van der Waals surface area contributed by atoms with Gasteiger partial charge in [-0.1, -0.05) is 19.9 Å². The molecule has 0 atom stereocenters. The van der Waals surface area contributed by atoms with Crippen molar-refractivity contribution < 1.29 is 19.4 Å². The molecule has 5 heteroatoms. The topological polar surface area (TPSA) is 59.0 Å². The molecule has 112 valence electrons. The van der Waals surface area contributed by atoms with E-state index in [4.69, 9.17) is 14.6 Å². The van der Waals surface area contributed by atoms with Crippen LogP contribution in [0.4, 0.5) is 0 Å². The van der Waals surface area contributed by atoms with Crippen molar-refractivity contribution in [3.63, 3.8) is 0 Å². The minimum absolute atomic E-state index is 0.0221. The molecular formula is C15H23NO4. The minimum Gasteiger partial charge on any atom is -0.493 e. The number of carbonyl (C=O) groups is 1. The van der Waals surface area contributed by atoms with Gasteiger partial charge < -0.3 is 19.5 Å². The molecule has 0 unspecified atom stereocenters. The van der Waals surface area contributed by atoms with Crippen molar-refractivity contribution in [1.82, 2.24) is 4.90 Å². The van der Waals surface area contributed by atoms with Crippen LogP contribution in [0, 0.1) is 5.92 Å². The summed E-state index contributed by atoms with van der Waals surface area (Å²) in [4.78, 5) is 13.7. The molecule has 1 N–H and O–H groups in total. The Morgan fingerprint density at radius 1 is 1.25 bits per heavy atom. The molecule has 0 aromatic heterocycles. The monoisotopic (exact) mass is 281 g/mol. The first-order valence-corrected chi connectivity index (χ1v) is 6.64. The molecule has 20 heavy (non-hydrogen) atoms. The molecule has 0 bridgehead atoms. The summed E-state index contributed by atoms with van der Waals surface area (Å²) in [7, 11) is 3.16. The predicted octanol–water partition coefficient (Wildman–Crippen LogP) is 1.68. The van der Waals surface area contributed by atoms with Crippen molar-refractivity contribution in [2.24, 2.45) is 5.92 Å². The SMILES string of the molecule is COc1ccc(CN(CCO)C(=O)C(C)C)cc1OC. The van der Waals surface area contributed by atoms with E-state index in [-0.39, 0.29) is 18.4 Å². The van der Waals surface area contributed by atoms with Crippen LogP contribution in [0.3, 0.4) is 0 Å². The summed E-state index contributed by atoms with van der Waals surface area (Å²) in [5, 5.41) is 9.09. The second kappa shape index (κ2) is 7.75. The van der Waals surface area contributed by atoms with Crippen molar-refractivity contribution in [3.05, 3.63) is 23.8 Å². The standard InChI is InChI=1S/C15H23NO4/c1-11(2)15(18)16(7-8-17)10-12-5-6-13(19-3)14(9-12)20-4/h5-6,9,11,17H,7-8,10H2,1-4H3. The van der Waals surface area contributed by atoms with Gasteiger partial charge in [0.1, 0.15) is 0 Å². The van der Waals surface area contributed by atoms with Gasteiger partial charge in [-0.05, 0) is 17.7 Å². The lowest BCUT2D eigenvalue weighted by Gasteiger charge is -2.24. The number of ether oxygens (including phenoxy) is 2. The molecule has 1 amide bonds. The van der Waals surface area contributed by atoms with Gasteiger partial charge in [0.2, 0.25) is 5.91 Å². The molecular weight excluding hydrogens is 258 g/mol. The molecule has 0 aliphatic carbocycles. The van der Waals surface area contributed by atoms with E-state index in [0.717, 1.165) is 5.56 Å². The average Bonchev–Trinajstić information content (AvgIpc) is 2.45. The van der Waals surface area contributed by atoms with Crippen LogP contribution in [0.15, 0.2) is 18.2 Å². The lowest BCUT2D eigenvalue weighted by Crippen LogP contribution is -2.35. The van der Waals surface area contributed by atoms with E-state index in [1.165, 1.54) is 0 Å². The smallest absolute Gasteiger partial charge is 0.225 e. The number of rotatable bonds is 7. The van der Waals surface area contributed by atoms with E-state index in [1.807, 2.05) is 32.0 Å². The number of hydrogen-bond acceptors (Lipinski definition) is 4. The Morgan fingerprint density at radius 2 is 1.90 bits per heavy atom. The van der Waals surface area contributed by atoms with Crippen LogP contribution in [0.2, 0.25) is 0 Å². The molecule has 0 saturated heterocycles. The predicted molar refractivity (Wildman–Crippen MR) is 76.9 cm³/mol. The van der Waals surface area contributed by atoms with Gasteiger partial charge in [-0.2, -0.15) is 0 Å². The third kappa shape index (κ3) is 4.13. The molecule has 0 saturated carbocycles. The third-order valence-corrected chi connectivity index (χ3v) is 3.00. The Morgan fingerprint density at radius 3 is 2.40 bits per heavy atom. The Kier molecular flexibility index (Phi) is 6.31. The molecule has 5 nitrogen and oxygen atoms in total. The molecule has 1 aromatic rings. The first-order valence-electron chi connectivity index (χ1n) is 6.64.